The summed E-state index contributed by atoms with van der Waals surface area (Å²) in [6.45, 7) is 7.78. The number of carbonyl (C=O) groups excluding carboxylic acids is 1. The van der Waals surface area contributed by atoms with Crippen LogP contribution >= 0.6 is 0 Å². The van der Waals surface area contributed by atoms with Crippen LogP contribution in [0.15, 0.2) is 48.7 Å². The minimum atomic E-state index is -0.135. The number of rotatable bonds is 2. The van der Waals surface area contributed by atoms with E-state index in [1.54, 1.807) is 6.08 Å². The average Bonchev–Trinajstić information content (AvgIpc) is 2.51. The number of para-hydroxylation sites is 1. The van der Waals surface area contributed by atoms with Gasteiger partial charge in [0.1, 0.15) is 0 Å². The second kappa shape index (κ2) is 3.88. The van der Waals surface area contributed by atoms with E-state index in [0.29, 0.717) is 0 Å². The van der Waals surface area contributed by atoms with E-state index in [2.05, 4.69) is 37.5 Å². The Kier molecular flexibility index (Phi) is 2.66. The van der Waals surface area contributed by atoms with Crippen molar-refractivity contribution < 1.29 is 4.79 Å². The largest absolute Gasteiger partial charge is 0.347 e. The molecule has 1 heterocycles. The second-order valence-corrected chi connectivity index (χ2v) is 4.84. The lowest BCUT2D eigenvalue weighted by molar-refractivity contribution is -0.110. The number of likely N-dealkylation sites (N-methyl/N-ethyl adjacent to an activating group) is 1. The quantitative estimate of drug-likeness (QED) is 0.724. The number of anilines is 1. The Labute approximate surface area is 102 Å². The first-order chi connectivity index (χ1) is 7.98. The van der Waals surface area contributed by atoms with Crippen LogP contribution in [0.2, 0.25) is 0 Å². The molecule has 0 N–H and O–H groups in total. The number of benzene rings is 1. The Bertz CT molecular complexity index is 511. The van der Waals surface area contributed by atoms with Crippen molar-refractivity contribution in [3.05, 3.63) is 54.3 Å². The van der Waals surface area contributed by atoms with Gasteiger partial charge < -0.3 is 4.90 Å². The van der Waals surface area contributed by atoms with Crippen LogP contribution in [0, 0.1) is 0 Å². The van der Waals surface area contributed by atoms with Crippen LogP contribution in [0.1, 0.15) is 19.4 Å². The van der Waals surface area contributed by atoms with Crippen molar-refractivity contribution in [2.45, 2.75) is 19.3 Å². The van der Waals surface area contributed by atoms with E-state index in [1.165, 1.54) is 17.3 Å². The van der Waals surface area contributed by atoms with Crippen molar-refractivity contribution >= 4 is 11.5 Å². The van der Waals surface area contributed by atoms with Crippen LogP contribution in [-0.4, -0.2) is 12.8 Å². The van der Waals surface area contributed by atoms with Gasteiger partial charge in [-0.05, 0) is 17.7 Å². The van der Waals surface area contributed by atoms with Gasteiger partial charge in [-0.1, -0.05) is 38.6 Å². The van der Waals surface area contributed by atoms with Crippen LogP contribution in [0.3, 0.4) is 0 Å². The predicted octanol–water partition coefficient (Wildman–Crippen LogP) is 3.05. The van der Waals surface area contributed by atoms with Gasteiger partial charge in [0, 0.05) is 29.9 Å². The second-order valence-electron chi connectivity index (χ2n) is 4.84. The molecule has 17 heavy (non-hydrogen) atoms. The van der Waals surface area contributed by atoms with Crippen LogP contribution < -0.4 is 4.90 Å². The number of carbonyl (C=O) groups is 1. The van der Waals surface area contributed by atoms with Gasteiger partial charge in [0.2, 0.25) is 0 Å². The molecule has 1 aliphatic heterocycles. The zero-order valence-corrected chi connectivity index (χ0v) is 10.5. The van der Waals surface area contributed by atoms with Gasteiger partial charge >= 0.3 is 0 Å². The summed E-state index contributed by atoms with van der Waals surface area (Å²) in [5.41, 5.74) is 3.30. The summed E-state index contributed by atoms with van der Waals surface area (Å²) in [7, 11) is 2.00. The first-order valence-corrected chi connectivity index (χ1v) is 5.70. The SMILES string of the molecule is C=CC(=O)/C=C1/N(C)c2ccccc2C1(C)C. The minimum Gasteiger partial charge on any atom is -0.347 e. The van der Waals surface area contributed by atoms with E-state index in [0.717, 1.165) is 5.70 Å². The third-order valence-corrected chi connectivity index (χ3v) is 3.42. The maximum atomic E-state index is 11.5. The first-order valence-electron chi connectivity index (χ1n) is 5.70. The van der Waals surface area contributed by atoms with Gasteiger partial charge in [-0.3, -0.25) is 4.79 Å². The zero-order chi connectivity index (χ0) is 12.6. The average molecular weight is 227 g/mol. The molecule has 0 amide bonds. The number of allylic oxidation sites excluding steroid dienone is 3. The fraction of sp³-hybridized carbons (Fsp3) is 0.267. The number of hydrogen-bond acceptors (Lipinski definition) is 2. The molecule has 88 valence electrons. The molecule has 0 saturated carbocycles. The Morgan fingerprint density at radius 1 is 1.35 bits per heavy atom. The number of ketones is 1. The van der Waals surface area contributed by atoms with Gasteiger partial charge in [-0.15, -0.1) is 0 Å². The highest BCUT2D eigenvalue weighted by atomic mass is 16.1. The zero-order valence-electron chi connectivity index (χ0n) is 10.5. The Morgan fingerprint density at radius 2 is 2.00 bits per heavy atom. The molecule has 0 bridgehead atoms. The van der Waals surface area contributed by atoms with Crippen molar-refractivity contribution in [3.63, 3.8) is 0 Å². The maximum absolute atomic E-state index is 11.5. The molecule has 2 nitrogen and oxygen atoms in total. The molecule has 0 fully saturated rings. The van der Waals surface area contributed by atoms with E-state index in [-0.39, 0.29) is 11.2 Å². The molecule has 0 aromatic heterocycles. The normalized spacial score (nSPS) is 19.2. The molecule has 2 rings (SSSR count). The van der Waals surface area contributed by atoms with Crippen LogP contribution in [0.5, 0.6) is 0 Å². The summed E-state index contributed by atoms with van der Waals surface area (Å²) >= 11 is 0. The standard InChI is InChI=1S/C15H17NO/c1-5-11(17)10-14-15(2,3)12-8-6-7-9-13(12)16(14)4/h5-10H,1H2,2-4H3/b14-10+. The van der Waals surface area contributed by atoms with E-state index in [4.69, 9.17) is 0 Å². The third-order valence-electron chi connectivity index (χ3n) is 3.42. The summed E-state index contributed by atoms with van der Waals surface area (Å²) in [4.78, 5) is 13.6. The monoisotopic (exact) mass is 227 g/mol. The van der Waals surface area contributed by atoms with Gasteiger partial charge in [0.05, 0.1) is 0 Å². The fourth-order valence-corrected chi connectivity index (χ4v) is 2.45. The minimum absolute atomic E-state index is 0.0484. The summed E-state index contributed by atoms with van der Waals surface area (Å²) in [5, 5.41) is 0. The number of hydrogen-bond donors (Lipinski definition) is 0. The molecular weight excluding hydrogens is 210 g/mol. The van der Waals surface area contributed by atoms with Crippen LogP contribution in [0.25, 0.3) is 0 Å². The maximum Gasteiger partial charge on any atom is 0.179 e. The first kappa shape index (κ1) is 11.6. The molecule has 0 spiro atoms. The summed E-state index contributed by atoms with van der Waals surface area (Å²) < 4.78 is 0. The van der Waals surface area contributed by atoms with Gasteiger partial charge in [0.15, 0.2) is 5.78 Å². The molecular formula is C15H17NO. The summed E-state index contributed by atoms with van der Waals surface area (Å²) in [6.07, 6.45) is 3.02. The van der Waals surface area contributed by atoms with Crippen molar-refractivity contribution in [2.24, 2.45) is 0 Å². The Balaban J connectivity index is 2.58. The highest BCUT2D eigenvalue weighted by Crippen LogP contribution is 2.46. The molecule has 0 radical (unpaired) electrons. The van der Waals surface area contributed by atoms with Gasteiger partial charge in [-0.25, -0.2) is 0 Å². The fourth-order valence-electron chi connectivity index (χ4n) is 2.45. The molecule has 0 atom stereocenters. The summed E-state index contributed by atoms with van der Waals surface area (Å²) in [5.74, 6) is -0.0484. The number of nitrogens with zero attached hydrogens (tertiary/aromatic N) is 1. The van der Waals surface area contributed by atoms with E-state index >= 15 is 0 Å². The molecule has 0 aliphatic carbocycles. The molecule has 0 unspecified atom stereocenters. The van der Waals surface area contributed by atoms with E-state index in [1.807, 2.05) is 19.2 Å². The lowest BCUT2D eigenvalue weighted by Crippen LogP contribution is -2.23. The highest BCUT2D eigenvalue weighted by molar-refractivity contribution is 6.00. The lowest BCUT2D eigenvalue weighted by atomic mass is 9.83. The highest BCUT2D eigenvalue weighted by Gasteiger charge is 2.38. The van der Waals surface area contributed by atoms with Gasteiger partial charge in [0.25, 0.3) is 0 Å². The molecule has 1 aromatic carbocycles. The lowest BCUT2D eigenvalue weighted by Gasteiger charge is -2.23. The van der Waals surface area contributed by atoms with E-state index in [9.17, 15) is 4.79 Å². The molecule has 1 aromatic rings. The van der Waals surface area contributed by atoms with Crippen LogP contribution in [0.4, 0.5) is 5.69 Å². The van der Waals surface area contributed by atoms with Crippen molar-refractivity contribution in [3.8, 4) is 0 Å². The summed E-state index contributed by atoms with van der Waals surface area (Å²) in [6, 6.07) is 8.25. The topological polar surface area (TPSA) is 20.3 Å². The van der Waals surface area contributed by atoms with E-state index < -0.39 is 0 Å². The molecule has 1 aliphatic rings. The molecule has 2 heteroatoms. The predicted molar refractivity (Wildman–Crippen MR) is 71.2 cm³/mol. The smallest absolute Gasteiger partial charge is 0.179 e. The van der Waals surface area contributed by atoms with Crippen molar-refractivity contribution in [2.75, 3.05) is 11.9 Å². The van der Waals surface area contributed by atoms with Crippen molar-refractivity contribution in [1.29, 1.82) is 0 Å². The number of fused-ring (bicyclic) bond motifs is 1. The Morgan fingerprint density at radius 3 is 2.59 bits per heavy atom. The van der Waals surface area contributed by atoms with Crippen LogP contribution in [-0.2, 0) is 10.2 Å². The van der Waals surface area contributed by atoms with Gasteiger partial charge in [-0.2, -0.15) is 0 Å². The molecule has 0 saturated heterocycles. The third kappa shape index (κ3) is 1.70. The Hall–Kier alpha value is -1.83. The van der Waals surface area contributed by atoms with Crippen molar-refractivity contribution in [1.82, 2.24) is 0 Å².